The van der Waals surface area contributed by atoms with Crippen molar-refractivity contribution < 1.29 is 0 Å². The van der Waals surface area contributed by atoms with Crippen LogP contribution < -0.4 is 10.6 Å². The van der Waals surface area contributed by atoms with Crippen molar-refractivity contribution in [1.82, 2.24) is 9.97 Å². The van der Waals surface area contributed by atoms with Crippen LogP contribution in [0.1, 0.15) is 30.9 Å². The first-order valence-electron chi connectivity index (χ1n) is 8.28. The minimum absolute atomic E-state index is 0.519. The molecule has 0 bridgehead atoms. The van der Waals surface area contributed by atoms with Crippen LogP contribution in [0.4, 0.5) is 17.5 Å². The van der Waals surface area contributed by atoms with Crippen molar-refractivity contribution in [2.75, 3.05) is 10.6 Å². The molecule has 0 amide bonds. The predicted molar refractivity (Wildman–Crippen MR) is 105 cm³/mol. The van der Waals surface area contributed by atoms with Crippen molar-refractivity contribution in [3.05, 3.63) is 76.9 Å². The third kappa shape index (κ3) is 4.94. The lowest BCUT2D eigenvalue weighted by molar-refractivity contribution is 0.867. The number of aromatic nitrogens is 2. The van der Waals surface area contributed by atoms with Crippen molar-refractivity contribution in [1.29, 1.82) is 0 Å². The average molecular weight is 353 g/mol. The lowest BCUT2D eigenvalue weighted by Gasteiger charge is -2.10. The molecule has 2 aromatic carbocycles. The molecule has 0 radical (unpaired) electrons. The fourth-order valence-corrected chi connectivity index (χ4v) is 2.52. The van der Waals surface area contributed by atoms with Gasteiger partial charge in [-0.3, -0.25) is 0 Å². The third-order valence-corrected chi connectivity index (χ3v) is 4.13. The molecule has 0 unspecified atom stereocenters. The summed E-state index contributed by atoms with van der Waals surface area (Å²) in [4.78, 5) is 8.78. The second kappa shape index (κ2) is 7.99. The summed E-state index contributed by atoms with van der Waals surface area (Å²) in [5, 5.41) is 7.27. The standard InChI is InChI=1S/C20H21ClN4/c1-14(2)16-5-9-18(10-6-16)24-20-22-12-11-19(25-20)23-13-15-3-7-17(21)8-4-15/h3-12,14H,13H2,1-2H3,(H2,22,23,24,25). The van der Waals surface area contributed by atoms with E-state index in [1.54, 1.807) is 6.20 Å². The quantitative estimate of drug-likeness (QED) is 0.605. The van der Waals surface area contributed by atoms with Gasteiger partial charge in [0.25, 0.3) is 0 Å². The molecule has 0 saturated heterocycles. The van der Waals surface area contributed by atoms with Crippen molar-refractivity contribution >= 4 is 29.1 Å². The van der Waals surface area contributed by atoms with Gasteiger partial charge in [0.2, 0.25) is 5.95 Å². The summed E-state index contributed by atoms with van der Waals surface area (Å²) in [6, 6.07) is 17.9. The second-order valence-electron chi connectivity index (χ2n) is 6.15. The van der Waals surface area contributed by atoms with E-state index in [1.807, 2.05) is 42.5 Å². The Kier molecular flexibility index (Phi) is 5.51. The van der Waals surface area contributed by atoms with Crippen LogP contribution in [-0.4, -0.2) is 9.97 Å². The molecule has 0 fully saturated rings. The molecule has 1 heterocycles. The maximum atomic E-state index is 5.90. The van der Waals surface area contributed by atoms with Gasteiger partial charge in [-0.25, -0.2) is 4.98 Å². The highest BCUT2D eigenvalue weighted by Crippen LogP contribution is 2.19. The topological polar surface area (TPSA) is 49.8 Å². The van der Waals surface area contributed by atoms with Crippen LogP contribution in [0.3, 0.4) is 0 Å². The van der Waals surface area contributed by atoms with E-state index in [9.17, 15) is 0 Å². The fraction of sp³-hybridized carbons (Fsp3) is 0.200. The number of nitrogens with one attached hydrogen (secondary N) is 2. The molecule has 0 aliphatic rings. The Morgan fingerprint density at radius 2 is 1.68 bits per heavy atom. The molecule has 0 aliphatic heterocycles. The zero-order chi connectivity index (χ0) is 17.6. The van der Waals surface area contributed by atoms with E-state index in [0.717, 1.165) is 22.1 Å². The molecule has 25 heavy (non-hydrogen) atoms. The smallest absolute Gasteiger partial charge is 0.229 e. The molecule has 0 spiro atoms. The van der Waals surface area contributed by atoms with Crippen molar-refractivity contribution in [3.63, 3.8) is 0 Å². The summed E-state index contributed by atoms with van der Waals surface area (Å²) in [6.07, 6.45) is 1.74. The summed E-state index contributed by atoms with van der Waals surface area (Å²) in [5.41, 5.74) is 3.42. The zero-order valence-electron chi connectivity index (χ0n) is 14.3. The van der Waals surface area contributed by atoms with Crippen LogP contribution in [0, 0.1) is 0 Å². The minimum atomic E-state index is 0.519. The largest absolute Gasteiger partial charge is 0.366 e. The summed E-state index contributed by atoms with van der Waals surface area (Å²) in [7, 11) is 0. The van der Waals surface area contributed by atoms with Crippen molar-refractivity contribution in [2.24, 2.45) is 0 Å². The van der Waals surface area contributed by atoms with Gasteiger partial charge in [0.05, 0.1) is 0 Å². The highest BCUT2D eigenvalue weighted by atomic mass is 35.5. The van der Waals surface area contributed by atoms with Crippen LogP contribution in [0.15, 0.2) is 60.8 Å². The van der Waals surface area contributed by atoms with Gasteiger partial charge in [-0.15, -0.1) is 0 Å². The molecular weight excluding hydrogens is 332 g/mol. The van der Waals surface area contributed by atoms with Crippen LogP contribution >= 0.6 is 11.6 Å². The first-order valence-corrected chi connectivity index (χ1v) is 8.66. The van der Waals surface area contributed by atoms with Gasteiger partial charge < -0.3 is 10.6 Å². The highest BCUT2D eigenvalue weighted by Gasteiger charge is 2.02. The zero-order valence-corrected chi connectivity index (χ0v) is 15.1. The molecule has 0 saturated carbocycles. The van der Waals surface area contributed by atoms with Gasteiger partial charge in [0.1, 0.15) is 5.82 Å². The Hall–Kier alpha value is -2.59. The first-order chi connectivity index (χ1) is 12.1. The number of hydrogen-bond acceptors (Lipinski definition) is 4. The van der Waals surface area contributed by atoms with Crippen LogP contribution in [0.2, 0.25) is 5.02 Å². The van der Waals surface area contributed by atoms with Crippen LogP contribution in [0.25, 0.3) is 0 Å². The lowest BCUT2D eigenvalue weighted by Crippen LogP contribution is -2.04. The lowest BCUT2D eigenvalue weighted by atomic mass is 10.0. The maximum Gasteiger partial charge on any atom is 0.229 e. The summed E-state index contributed by atoms with van der Waals surface area (Å²) < 4.78 is 0. The van der Waals surface area contributed by atoms with E-state index in [1.165, 1.54) is 5.56 Å². The van der Waals surface area contributed by atoms with Gasteiger partial charge in [-0.1, -0.05) is 49.7 Å². The molecule has 128 valence electrons. The molecular formula is C20H21ClN4. The van der Waals surface area contributed by atoms with Crippen LogP contribution in [0.5, 0.6) is 0 Å². The Morgan fingerprint density at radius 1 is 0.960 bits per heavy atom. The monoisotopic (exact) mass is 352 g/mol. The second-order valence-corrected chi connectivity index (χ2v) is 6.58. The number of rotatable bonds is 6. The Bertz CT molecular complexity index is 814. The molecule has 3 rings (SSSR count). The van der Waals surface area contributed by atoms with E-state index >= 15 is 0 Å². The van der Waals surface area contributed by atoms with Gasteiger partial charge in [0, 0.05) is 23.5 Å². The van der Waals surface area contributed by atoms with E-state index < -0.39 is 0 Å². The number of anilines is 3. The van der Waals surface area contributed by atoms with E-state index in [2.05, 4.69) is 46.6 Å². The highest BCUT2D eigenvalue weighted by molar-refractivity contribution is 6.30. The average Bonchev–Trinajstić information content (AvgIpc) is 2.62. The van der Waals surface area contributed by atoms with Gasteiger partial charge in [0.15, 0.2) is 0 Å². The fourth-order valence-electron chi connectivity index (χ4n) is 2.39. The molecule has 3 aromatic rings. The number of benzene rings is 2. The first kappa shape index (κ1) is 17.2. The molecule has 1 aromatic heterocycles. The third-order valence-electron chi connectivity index (χ3n) is 3.88. The molecule has 5 heteroatoms. The normalized spacial score (nSPS) is 10.7. The maximum absolute atomic E-state index is 5.90. The number of hydrogen-bond donors (Lipinski definition) is 2. The van der Waals surface area contributed by atoms with E-state index in [4.69, 9.17) is 11.6 Å². The van der Waals surface area contributed by atoms with E-state index in [0.29, 0.717) is 18.4 Å². The molecule has 0 atom stereocenters. The summed E-state index contributed by atoms with van der Waals surface area (Å²) >= 11 is 5.90. The van der Waals surface area contributed by atoms with Gasteiger partial charge in [-0.2, -0.15) is 4.98 Å². The minimum Gasteiger partial charge on any atom is -0.366 e. The van der Waals surface area contributed by atoms with Crippen molar-refractivity contribution in [3.8, 4) is 0 Å². The van der Waals surface area contributed by atoms with Crippen LogP contribution in [-0.2, 0) is 6.54 Å². The molecule has 0 aliphatic carbocycles. The summed E-state index contributed by atoms with van der Waals surface area (Å²) in [6.45, 7) is 5.04. The summed E-state index contributed by atoms with van der Waals surface area (Å²) in [5.74, 6) is 1.86. The number of halogens is 1. The Morgan fingerprint density at radius 3 is 2.36 bits per heavy atom. The van der Waals surface area contributed by atoms with Gasteiger partial charge in [-0.05, 0) is 47.4 Å². The number of nitrogens with zero attached hydrogens (tertiary/aromatic N) is 2. The predicted octanol–water partition coefficient (Wildman–Crippen LogP) is 5.61. The Labute approximate surface area is 153 Å². The molecule has 4 nitrogen and oxygen atoms in total. The van der Waals surface area contributed by atoms with Crippen molar-refractivity contribution in [2.45, 2.75) is 26.3 Å². The Balaban J connectivity index is 1.63. The van der Waals surface area contributed by atoms with Gasteiger partial charge >= 0.3 is 0 Å². The van der Waals surface area contributed by atoms with E-state index in [-0.39, 0.29) is 0 Å². The SMILES string of the molecule is CC(C)c1ccc(Nc2nccc(NCc3ccc(Cl)cc3)n2)cc1. The molecule has 2 N–H and O–H groups in total.